The zero-order valence-electron chi connectivity index (χ0n) is 15.3. The summed E-state index contributed by atoms with van der Waals surface area (Å²) in [5.74, 6) is 1.04. The van der Waals surface area contributed by atoms with Crippen molar-refractivity contribution in [3.63, 3.8) is 0 Å². The molecule has 0 saturated heterocycles. The van der Waals surface area contributed by atoms with E-state index in [4.69, 9.17) is 5.73 Å². The molecule has 0 bridgehead atoms. The highest BCUT2D eigenvalue weighted by Crippen LogP contribution is 2.22. The molecule has 2 aromatic rings. The Balaban J connectivity index is 2.05. The fourth-order valence-electron chi connectivity index (χ4n) is 2.40. The molecule has 0 fully saturated rings. The number of aryl methyl sites for hydroxylation is 1. The maximum Gasteiger partial charge on any atom is 0.217 e. The van der Waals surface area contributed by atoms with Crippen LogP contribution in [0.1, 0.15) is 26.1 Å². The van der Waals surface area contributed by atoms with Gasteiger partial charge in [0.15, 0.2) is 15.0 Å². The predicted octanol–water partition coefficient (Wildman–Crippen LogP) is 2.68. The van der Waals surface area contributed by atoms with Crippen molar-refractivity contribution in [1.29, 1.82) is 0 Å². The molecule has 0 radical (unpaired) electrons. The van der Waals surface area contributed by atoms with Crippen molar-refractivity contribution in [2.45, 2.75) is 43.3 Å². The number of amides is 1. The normalized spacial score (nSPS) is 11.9. The van der Waals surface area contributed by atoms with E-state index in [9.17, 15) is 13.2 Å². The molecule has 7 nitrogen and oxygen atoms in total. The highest BCUT2D eigenvalue weighted by atomic mass is 79.9. The van der Waals surface area contributed by atoms with Crippen LogP contribution in [0.15, 0.2) is 38.8 Å². The van der Waals surface area contributed by atoms with Crippen molar-refractivity contribution in [3.05, 3.63) is 34.6 Å². The zero-order valence-corrected chi connectivity index (χ0v) is 18.5. The molecule has 10 heteroatoms. The Kier molecular flexibility index (Phi) is 7.87. The third kappa shape index (κ3) is 6.62. The minimum absolute atomic E-state index is 0.00442. The monoisotopic (exact) mass is 474 g/mol. The molecule has 2 N–H and O–H groups in total. The SMILES string of the molecule is CC(C)Cn1c(CCC(N)=O)nnc1SCCS(=O)(=O)c1ccc(Br)cc1. The van der Waals surface area contributed by atoms with Crippen LogP contribution in [0.2, 0.25) is 0 Å². The summed E-state index contributed by atoms with van der Waals surface area (Å²) >= 11 is 4.65. The molecule has 0 unspecified atom stereocenters. The Hall–Kier alpha value is -1.39. The van der Waals surface area contributed by atoms with Crippen molar-refractivity contribution >= 4 is 43.4 Å². The van der Waals surface area contributed by atoms with Crippen LogP contribution in [0.5, 0.6) is 0 Å². The lowest BCUT2D eigenvalue weighted by Crippen LogP contribution is -2.15. The molecule has 27 heavy (non-hydrogen) atoms. The van der Waals surface area contributed by atoms with Crippen LogP contribution in [-0.2, 0) is 27.6 Å². The van der Waals surface area contributed by atoms with Gasteiger partial charge in [-0.1, -0.05) is 41.5 Å². The van der Waals surface area contributed by atoms with Crippen LogP contribution in [0, 0.1) is 5.92 Å². The first-order chi connectivity index (χ1) is 12.7. The Morgan fingerprint density at radius 3 is 2.52 bits per heavy atom. The number of rotatable bonds is 10. The Morgan fingerprint density at radius 2 is 1.93 bits per heavy atom. The lowest BCUT2D eigenvalue weighted by Gasteiger charge is -2.12. The van der Waals surface area contributed by atoms with Crippen LogP contribution in [-0.4, -0.2) is 40.6 Å². The van der Waals surface area contributed by atoms with Gasteiger partial charge in [0, 0.05) is 29.6 Å². The van der Waals surface area contributed by atoms with Gasteiger partial charge in [-0.3, -0.25) is 4.79 Å². The number of carbonyl (C=O) groups excluding carboxylic acids is 1. The van der Waals surface area contributed by atoms with Crippen molar-refractivity contribution in [3.8, 4) is 0 Å². The second kappa shape index (κ2) is 9.70. The number of sulfone groups is 1. The first-order valence-electron chi connectivity index (χ1n) is 8.50. The van der Waals surface area contributed by atoms with Gasteiger partial charge in [0.05, 0.1) is 10.6 Å². The molecule has 0 atom stereocenters. The number of hydrogen-bond donors (Lipinski definition) is 1. The Morgan fingerprint density at radius 1 is 1.26 bits per heavy atom. The number of hydrogen-bond acceptors (Lipinski definition) is 6. The number of benzene rings is 1. The van der Waals surface area contributed by atoms with Crippen molar-refractivity contribution in [1.82, 2.24) is 14.8 Å². The van der Waals surface area contributed by atoms with Crippen LogP contribution >= 0.6 is 27.7 Å². The summed E-state index contributed by atoms with van der Waals surface area (Å²) < 4.78 is 27.7. The topological polar surface area (TPSA) is 108 Å². The second-order valence-corrected chi connectivity index (χ2v) is 10.6. The third-order valence-electron chi connectivity index (χ3n) is 3.69. The van der Waals surface area contributed by atoms with Gasteiger partial charge in [0.25, 0.3) is 0 Å². The molecule has 2 rings (SSSR count). The summed E-state index contributed by atoms with van der Waals surface area (Å²) in [7, 11) is -3.36. The standard InChI is InChI=1S/C17H23BrN4O3S2/c1-12(2)11-22-16(8-7-15(19)23)20-21-17(22)26-9-10-27(24,25)14-5-3-13(18)4-6-14/h3-6,12H,7-11H2,1-2H3,(H2,19,23). The number of primary amides is 1. The Bertz CT molecular complexity index is 880. The van der Waals surface area contributed by atoms with Crippen LogP contribution in [0.3, 0.4) is 0 Å². The van der Waals surface area contributed by atoms with Gasteiger partial charge in [-0.25, -0.2) is 8.42 Å². The molecule has 1 aromatic carbocycles. The molecule has 0 aliphatic carbocycles. The highest BCUT2D eigenvalue weighted by molar-refractivity contribution is 9.10. The van der Waals surface area contributed by atoms with E-state index < -0.39 is 9.84 Å². The molecule has 0 saturated carbocycles. The van der Waals surface area contributed by atoms with Gasteiger partial charge in [0.1, 0.15) is 5.82 Å². The van der Waals surface area contributed by atoms with Gasteiger partial charge in [-0.2, -0.15) is 0 Å². The molecule has 1 heterocycles. The summed E-state index contributed by atoms with van der Waals surface area (Å²) in [6.45, 7) is 4.84. The summed E-state index contributed by atoms with van der Waals surface area (Å²) in [4.78, 5) is 11.3. The number of carbonyl (C=O) groups is 1. The molecule has 0 aliphatic rings. The number of thioether (sulfide) groups is 1. The van der Waals surface area contributed by atoms with E-state index in [-0.39, 0.29) is 18.1 Å². The third-order valence-corrected chi connectivity index (χ3v) is 7.18. The van der Waals surface area contributed by atoms with E-state index >= 15 is 0 Å². The first kappa shape index (κ1) is 21.9. The average molecular weight is 475 g/mol. The van der Waals surface area contributed by atoms with Crippen LogP contribution < -0.4 is 5.73 Å². The molecular formula is C17H23BrN4O3S2. The van der Waals surface area contributed by atoms with Gasteiger partial charge in [0.2, 0.25) is 5.91 Å². The quantitative estimate of drug-likeness (QED) is 0.530. The number of nitrogens with zero attached hydrogens (tertiary/aromatic N) is 3. The predicted molar refractivity (Wildman–Crippen MR) is 109 cm³/mol. The van der Waals surface area contributed by atoms with E-state index in [2.05, 4.69) is 40.0 Å². The lowest BCUT2D eigenvalue weighted by molar-refractivity contribution is -0.118. The van der Waals surface area contributed by atoms with Gasteiger partial charge in [-0.05, 0) is 30.2 Å². The van der Waals surface area contributed by atoms with E-state index in [1.165, 1.54) is 11.8 Å². The maximum absolute atomic E-state index is 12.5. The summed E-state index contributed by atoms with van der Waals surface area (Å²) in [6, 6.07) is 6.61. The van der Waals surface area contributed by atoms with Gasteiger partial charge in [-0.15, -0.1) is 10.2 Å². The van der Waals surface area contributed by atoms with Gasteiger partial charge >= 0.3 is 0 Å². The first-order valence-corrected chi connectivity index (χ1v) is 11.9. The largest absolute Gasteiger partial charge is 0.370 e. The van der Waals surface area contributed by atoms with E-state index in [0.29, 0.717) is 40.5 Å². The fraction of sp³-hybridized carbons (Fsp3) is 0.471. The fourth-order valence-corrected chi connectivity index (χ4v) is 5.28. The van der Waals surface area contributed by atoms with E-state index in [1.54, 1.807) is 24.3 Å². The van der Waals surface area contributed by atoms with Gasteiger partial charge < -0.3 is 10.3 Å². The van der Waals surface area contributed by atoms with E-state index in [1.807, 2.05) is 4.57 Å². The molecule has 1 aromatic heterocycles. The van der Waals surface area contributed by atoms with Crippen molar-refractivity contribution in [2.24, 2.45) is 11.7 Å². The molecule has 0 aliphatic heterocycles. The second-order valence-electron chi connectivity index (χ2n) is 6.49. The van der Waals surface area contributed by atoms with Crippen molar-refractivity contribution < 1.29 is 13.2 Å². The molecular weight excluding hydrogens is 452 g/mol. The maximum atomic E-state index is 12.5. The number of halogens is 1. The summed E-state index contributed by atoms with van der Waals surface area (Å²) in [5, 5.41) is 8.99. The van der Waals surface area contributed by atoms with Crippen LogP contribution in [0.4, 0.5) is 0 Å². The molecule has 1 amide bonds. The van der Waals surface area contributed by atoms with E-state index in [0.717, 1.165) is 4.47 Å². The summed E-state index contributed by atoms with van der Waals surface area (Å²) in [6.07, 6.45) is 0.631. The minimum Gasteiger partial charge on any atom is -0.370 e. The van der Waals surface area contributed by atoms with Crippen molar-refractivity contribution in [2.75, 3.05) is 11.5 Å². The summed E-state index contributed by atoms with van der Waals surface area (Å²) in [5.41, 5.74) is 5.22. The zero-order chi connectivity index (χ0) is 20.0. The lowest BCUT2D eigenvalue weighted by atomic mass is 10.2. The minimum atomic E-state index is -3.36. The molecule has 0 spiro atoms. The molecule has 148 valence electrons. The smallest absolute Gasteiger partial charge is 0.217 e. The average Bonchev–Trinajstić information content (AvgIpc) is 2.94. The Labute approximate surface area is 172 Å². The number of nitrogens with two attached hydrogens (primary N) is 1. The van der Waals surface area contributed by atoms with Crippen LogP contribution in [0.25, 0.3) is 0 Å². The number of aromatic nitrogens is 3. The highest BCUT2D eigenvalue weighted by Gasteiger charge is 2.18.